The third-order valence-electron chi connectivity index (χ3n) is 5.54. The summed E-state index contributed by atoms with van der Waals surface area (Å²) < 4.78 is 4.34. The Morgan fingerprint density at radius 3 is 2.73 bits per heavy atom. The molecule has 7 N–H and O–H groups in total. The maximum atomic E-state index is 4.64. The number of hydrogen-bond acceptors (Lipinski definition) is 4. The van der Waals surface area contributed by atoms with E-state index in [9.17, 15) is 0 Å². The largest absolute Gasteiger partial charge is 0.421 e. The van der Waals surface area contributed by atoms with Gasteiger partial charge in [-0.25, -0.2) is 9.13 Å². The second-order valence-electron chi connectivity index (χ2n) is 7.92. The van der Waals surface area contributed by atoms with Crippen molar-refractivity contribution in [1.82, 2.24) is 4.57 Å². The molecule has 1 aromatic heterocycles. The molecule has 3 rings (SSSR count). The Labute approximate surface area is 180 Å². The van der Waals surface area contributed by atoms with Gasteiger partial charge in [0, 0.05) is 37.6 Å². The molecule has 1 aromatic carbocycles. The normalized spacial score (nSPS) is 13.6. The molecular formula is C22H39N8+3. The lowest BCUT2D eigenvalue weighted by molar-refractivity contribution is -0.686. The minimum Gasteiger partial charge on any atom is -0.382 e. The summed E-state index contributed by atoms with van der Waals surface area (Å²) in [6.07, 6.45) is 10.0. The highest BCUT2D eigenvalue weighted by molar-refractivity contribution is 5.75. The van der Waals surface area contributed by atoms with Gasteiger partial charge >= 0.3 is 5.95 Å². The summed E-state index contributed by atoms with van der Waals surface area (Å²) in [5.41, 5.74) is 11.2. The average molecular weight is 416 g/mol. The van der Waals surface area contributed by atoms with Crippen LogP contribution in [0, 0.1) is 0 Å². The highest BCUT2D eigenvalue weighted by Crippen LogP contribution is 2.33. The summed E-state index contributed by atoms with van der Waals surface area (Å²) >= 11 is 0. The number of imidazole rings is 1. The van der Waals surface area contributed by atoms with Gasteiger partial charge in [-0.2, -0.15) is 0 Å². The first-order valence-corrected chi connectivity index (χ1v) is 11.5. The molecule has 0 spiro atoms. The van der Waals surface area contributed by atoms with Crippen LogP contribution in [-0.4, -0.2) is 37.3 Å². The van der Waals surface area contributed by atoms with Crippen LogP contribution in [0.2, 0.25) is 0 Å². The Morgan fingerprint density at radius 1 is 1.07 bits per heavy atom. The molecule has 2 aromatic rings. The van der Waals surface area contributed by atoms with Gasteiger partial charge in [0.2, 0.25) is 0 Å². The van der Waals surface area contributed by atoms with E-state index in [1.807, 2.05) is 0 Å². The van der Waals surface area contributed by atoms with Gasteiger partial charge in [0.1, 0.15) is 5.69 Å². The zero-order chi connectivity index (χ0) is 21.2. The molecule has 0 atom stereocenters. The molecule has 0 saturated heterocycles. The number of unbranched alkanes of at least 4 members (excludes halogenated alkanes) is 2. The average Bonchev–Trinajstić information content (AvgIpc) is 3.16. The van der Waals surface area contributed by atoms with Gasteiger partial charge in [0.25, 0.3) is 0 Å². The molecule has 8 nitrogen and oxygen atoms in total. The maximum absolute atomic E-state index is 4.64. The van der Waals surface area contributed by atoms with Gasteiger partial charge < -0.3 is 21.7 Å². The first kappa shape index (κ1) is 22.2. The minimum absolute atomic E-state index is 0.880. The number of anilines is 2. The van der Waals surface area contributed by atoms with Crippen LogP contribution in [0.25, 0.3) is 0 Å². The number of nitrogens with one attached hydrogen (secondary N) is 1. The van der Waals surface area contributed by atoms with Gasteiger partial charge in [0.15, 0.2) is 0 Å². The number of fused-ring (bicyclic) bond motifs is 1. The number of quaternary nitrogens is 2. The summed E-state index contributed by atoms with van der Waals surface area (Å²) in [5, 5.41) is 12.8. The Kier molecular flexibility index (Phi) is 8.65. The third-order valence-corrected chi connectivity index (χ3v) is 5.54. The lowest BCUT2D eigenvalue weighted by Crippen LogP contribution is -2.51. The van der Waals surface area contributed by atoms with Crippen LogP contribution in [0.15, 0.2) is 40.8 Å². The van der Waals surface area contributed by atoms with Crippen molar-refractivity contribution in [3.63, 3.8) is 0 Å². The van der Waals surface area contributed by atoms with E-state index in [0.29, 0.717) is 0 Å². The second kappa shape index (κ2) is 11.7. The highest BCUT2D eigenvalue weighted by atomic mass is 15.3. The molecule has 2 heterocycles. The maximum Gasteiger partial charge on any atom is 0.421 e. The first-order chi connectivity index (χ1) is 14.8. The van der Waals surface area contributed by atoms with Crippen LogP contribution in [0.3, 0.4) is 0 Å². The number of aryl methyl sites for hydroxylation is 2. The summed E-state index contributed by atoms with van der Waals surface area (Å²) in [7, 11) is 0. The topological polar surface area (TPSA) is 104 Å². The van der Waals surface area contributed by atoms with Gasteiger partial charge in [0.05, 0.1) is 49.9 Å². The van der Waals surface area contributed by atoms with Crippen LogP contribution in [0.5, 0.6) is 0 Å². The summed E-state index contributed by atoms with van der Waals surface area (Å²) in [4.78, 5) is 2.49. The van der Waals surface area contributed by atoms with Gasteiger partial charge in [-0.1, -0.05) is 24.9 Å². The SMILES string of the molecule is CCCCCN1CCNc2cc(N=Nc3n(CCC[NH3+])cc[n+]3CCC[NH3+])ccc21. The van der Waals surface area contributed by atoms with Crippen molar-refractivity contribution >= 4 is 23.0 Å². The van der Waals surface area contributed by atoms with E-state index in [1.54, 1.807) is 0 Å². The van der Waals surface area contributed by atoms with E-state index in [4.69, 9.17) is 0 Å². The van der Waals surface area contributed by atoms with Crippen molar-refractivity contribution in [2.45, 2.75) is 52.1 Å². The quantitative estimate of drug-likeness (QED) is 0.280. The molecule has 0 saturated carbocycles. The molecular weight excluding hydrogens is 376 g/mol. The molecule has 1 aliphatic rings. The lowest BCUT2D eigenvalue weighted by atomic mass is 10.1. The Balaban J connectivity index is 1.77. The van der Waals surface area contributed by atoms with E-state index < -0.39 is 0 Å². The van der Waals surface area contributed by atoms with Gasteiger partial charge in [-0.05, 0) is 24.6 Å². The Morgan fingerprint density at radius 2 is 1.93 bits per heavy atom. The lowest BCUT2D eigenvalue weighted by Gasteiger charge is -2.32. The summed E-state index contributed by atoms with van der Waals surface area (Å²) in [5.74, 6) is 0.892. The van der Waals surface area contributed by atoms with Crippen molar-refractivity contribution in [3.8, 4) is 0 Å². The number of azo groups is 1. The molecule has 30 heavy (non-hydrogen) atoms. The molecule has 0 aliphatic carbocycles. The fraction of sp³-hybridized carbons (Fsp3) is 0.591. The fourth-order valence-corrected chi connectivity index (χ4v) is 3.82. The molecule has 8 heteroatoms. The Hall–Kier alpha value is -2.45. The molecule has 0 fully saturated rings. The van der Waals surface area contributed by atoms with Crippen LogP contribution >= 0.6 is 0 Å². The number of nitrogens with zero attached hydrogens (tertiary/aromatic N) is 5. The number of rotatable bonds is 12. The standard InChI is InChI=1S/C22H37N8/c1-2-3-4-12-28-15-11-25-20-18-19(7-8-21(20)28)26-27-22-29(13-5-9-23)16-17-30(22)14-6-10-24/h7-8,16-18,25H,2-6,9-15,23-24H2,1H3/q+1/p+2. The monoisotopic (exact) mass is 415 g/mol. The molecule has 0 amide bonds. The summed E-state index contributed by atoms with van der Waals surface area (Å²) in [6, 6.07) is 6.38. The highest BCUT2D eigenvalue weighted by Gasteiger charge is 2.19. The second-order valence-corrected chi connectivity index (χ2v) is 7.92. The predicted molar refractivity (Wildman–Crippen MR) is 120 cm³/mol. The van der Waals surface area contributed by atoms with E-state index in [1.165, 1.54) is 24.9 Å². The minimum atomic E-state index is 0.880. The van der Waals surface area contributed by atoms with Gasteiger partial charge in [-0.3, -0.25) is 0 Å². The number of benzene rings is 1. The molecule has 1 aliphatic heterocycles. The van der Waals surface area contributed by atoms with Crippen molar-refractivity contribution < 1.29 is 16.0 Å². The number of aromatic nitrogens is 2. The third kappa shape index (κ3) is 5.79. The van der Waals surface area contributed by atoms with Crippen molar-refractivity contribution in [1.29, 1.82) is 0 Å². The van der Waals surface area contributed by atoms with Crippen LogP contribution in [0.1, 0.15) is 39.0 Å². The van der Waals surface area contributed by atoms with E-state index in [2.05, 4.69) is 78.6 Å². The molecule has 164 valence electrons. The fourth-order valence-electron chi connectivity index (χ4n) is 3.82. The van der Waals surface area contributed by atoms with Crippen LogP contribution in [0.4, 0.5) is 23.0 Å². The van der Waals surface area contributed by atoms with Gasteiger partial charge in [-0.15, -0.1) is 0 Å². The Bertz CT molecular complexity index is 788. The molecule has 0 bridgehead atoms. The van der Waals surface area contributed by atoms with Crippen molar-refractivity contribution in [3.05, 3.63) is 30.6 Å². The van der Waals surface area contributed by atoms with Crippen molar-refractivity contribution in [2.75, 3.05) is 42.9 Å². The molecule has 0 unspecified atom stereocenters. The zero-order valence-corrected chi connectivity index (χ0v) is 18.5. The van der Waals surface area contributed by atoms with E-state index >= 15 is 0 Å². The zero-order valence-electron chi connectivity index (χ0n) is 18.5. The van der Waals surface area contributed by atoms with E-state index in [-0.39, 0.29) is 0 Å². The van der Waals surface area contributed by atoms with Crippen molar-refractivity contribution in [2.24, 2.45) is 10.2 Å². The van der Waals surface area contributed by atoms with E-state index in [0.717, 1.165) is 76.0 Å². The predicted octanol–water partition coefficient (Wildman–Crippen LogP) is 1.88. The smallest absolute Gasteiger partial charge is 0.382 e. The summed E-state index contributed by atoms with van der Waals surface area (Å²) in [6.45, 7) is 9.05. The molecule has 0 radical (unpaired) electrons. The van der Waals surface area contributed by atoms with Crippen LogP contribution < -0.4 is 26.3 Å². The number of hydrogen-bond donors (Lipinski definition) is 3. The van der Waals surface area contributed by atoms with Crippen LogP contribution in [-0.2, 0) is 13.1 Å². The first-order valence-electron chi connectivity index (χ1n) is 11.5.